The minimum Gasteiger partial charge on any atom is -0.321 e. The second kappa shape index (κ2) is 7.70. The SMILES string of the molecule is O=C(Nc1ccc(N2C(=O)c3ccccc3C2=O)c(Cl)c1)c1sc2cc(F)ccc2c1Cl. The van der Waals surface area contributed by atoms with Crippen LogP contribution in [0.15, 0.2) is 60.7 Å². The number of rotatable bonds is 3. The third-order valence-electron chi connectivity index (χ3n) is 5.04. The van der Waals surface area contributed by atoms with Crippen LogP contribution in [0.5, 0.6) is 0 Å². The largest absolute Gasteiger partial charge is 0.321 e. The number of nitrogens with one attached hydrogen (secondary N) is 1. The van der Waals surface area contributed by atoms with E-state index in [9.17, 15) is 18.8 Å². The summed E-state index contributed by atoms with van der Waals surface area (Å²) in [7, 11) is 0. The average Bonchev–Trinajstić information content (AvgIpc) is 3.23. The summed E-state index contributed by atoms with van der Waals surface area (Å²) in [6.07, 6.45) is 0. The lowest BCUT2D eigenvalue weighted by Crippen LogP contribution is -2.29. The second-order valence-electron chi connectivity index (χ2n) is 7.00. The van der Waals surface area contributed by atoms with Gasteiger partial charge in [-0.05, 0) is 48.5 Å². The Balaban J connectivity index is 1.42. The Kier molecular flexibility index (Phi) is 4.97. The first-order chi connectivity index (χ1) is 15.3. The molecule has 0 bridgehead atoms. The van der Waals surface area contributed by atoms with Crippen LogP contribution in [-0.2, 0) is 0 Å². The Morgan fingerprint density at radius 2 is 1.62 bits per heavy atom. The number of thiophene rings is 1. The van der Waals surface area contributed by atoms with Crippen molar-refractivity contribution in [3.05, 3.63) is 92.5 Å². The predicted molar refractivity (Wildman–Crippen MR) is 124 cm³/mol. The van der Waals surface area contributed by atoms with E-state index in [0.29, 0.717) is 26.9 Å². The molecule has 0 saturated carbocycles. The van der Waals surface area contributed by atoms with Crippen molar-refractivity contribution in [2.45, 2.75) is 0 Å². The lowest BCUT2D eigenvalue weighted by molar-refractivity contribution is 0.0924. The van der Waals surface area contributed by atoms with Crippen molar-refractivity contribution in [2.24, 2.45) is 0 Å². The van der Waals surface area contributed by atoms with Crippen molar-refractivity contribution in [1.82, 2.24) is 0 Å². The third-order valence-corrected chi connectivity index (χ3v) is 7.00. The first-order valence-electron chi connectivity index (χ1n) is 9.31. The minimum absolute atomic E-state index is 0.113. The summed E-state index contributed by atoms with van der Waals surface area (Å²) >= 11 is 13.7. The molecule has 0 aliphatic carbocycles. The maximum atomic E-state index is 13.5. The fourth-order valence-corrected chi connectivity index (χ4v) is 5.25. The van der Waals surface area contributed by atoms with Gasteiger partial charge in [-0.1, -0.05) is 35.3 Å². The molecular formula is C23H11Cl2FN2O3S. The van der Waals surface area contributed by atoms with Crippen molar-refractivity contribution in [2.75, 3.05) is 10.2 Å². The van der Waals surface area contributed by atoms with E-state index in [1.807, 2.05) is 0 Å². The molecule has 0 radical (unpaired) electrons. The quantitative estimate of drug-likeness (QED) is 0.342. The Hall–Kier alpha value is -3.26. The van der Waals surface area contributed by atoms with Gasteiger partial charge in [0.2, 0.25) is 0 Å². The van der Waals surface area contributed by atoms with Crippen LogP contribution >= 0.6 is 34.5 Å². The van der Waals surface area contributed by atoms with Gasteiger partial charge in [-0.25, -0.2) is 9.29 Å². The number of hydrogen-bond donors (Lipinski definition) is 1. The summed E-state index contributed by atoms with van der Waals surface area (Å²) in [5.41, 5.74) is 1.18. The van der Waals surface area contributed by atoms with Crippen LogP contribution in [0.25, 0.3) is 10.1 Å². The Morgan fingerprint density at radius 1 is 0.938 bits per heavy atom. The number of imide groups is 1. The van der Waals surface area contributed by atoms with Crippen LogP contribution < -0.4 is 10.2 Å². The molecule has 1 aliphatic heterocycles. The lowest BCUT2D eigenvalue weighted by atomic mass is 10.1. The van der Waals surface area contributed by atoms with E-state index >= 15 is 0 Å². The van der Waals surface area contributed by atoms with Gasteiger partial charge in [-0.3, -0.25) is 14.4 Å². The zero-order valence-electron chi connectivity index (χ0n) is 16.0. The van der Waals surface area contributed by atoms with Gasteiger partial charge >= 0.3 is 0 Å². The van der Waals surface area contributed by atoms with Crippen LogP contribution in [0.1, 0.15) is 30.4 Å². The van der Waals surface area contributed by atoms with Crippen LogP contribution in [0.4, 0.5) is 15.8 Å². The van der Waals surface area contributed by atoms with Gasteiger partial charge in [0.15, 0.2) is 0 Å². The zero-order chi connectivity index (χ0) is 22.6. The third kappa shape index (κ3) is 3.26. The summed E-state index contributed by atoms with van der Waals surface area (Å²) in [6, 6.07) is 15.1. The minimum atomic E-state index is -0.485. The molecule has 0 unspecified atom stereocenters. The Bertz CT molecular complexity index is 1430. The number of amides is 3. The van der Waals surface area contributed by atoms with Gasteiger partial charge in [0.05, 0.1) is 26.9 Å². The Labute approximate surface area is 195 Å². The molecule has 3 amide bonds. The molecule has 1 aromatic heterocycles. The Morgan fingerprint density at radius 3 is 2.28 bits per heavy atom. The maximum absolute atomic E-state index is 13.5. The number of anilines is 2. The summed E-state index contributed by atoms with van der Waals surface area (Å²) in [6.45, 7) is 0. The van der Waals surface area contributed by atoms with Crippen LogP contribution in [0, 0.1) is 5.82 Å². The second-order valence-corrected chi connectivity index (χ2v) is 8.83. The van der Waals surface area contributed by atoms with Gasteiger partial charge in [0.25, 0.3) is 17.7 Å². The molecule has 5 nitrogen and oxygen atoms in total. The fourth-order valence-electron chi connectivity index (χ4n) is 3.55. The van der Waals surface area contributed by atoms with Crippen LogP contribution in [0.3, 0.4) is 0 Å². The summed E-state index contributed by atoms with van der Waals surface area (Å²) in [5, 5.41) is 3.62. The number of benzene rings is 3. The normalized spacial score (nSPS) is 13.0. The van der Waals surface area contributed by atoms with Crippen LogP contribution in [-0.4, -0.2) is 17.7 Å². The van der Waals surface area contributed by atoms with E-state index in [4.69, 9.17) is 23.2 Å². The highest BCUT2D eigenvalue weighted by Crippen LogP contribution is 2.37. The number of carbonyl (C=O) groups is 3. The molecular weight excluding hydrogens is 474 g/mol. The zero-order valence-corrected chi connectivity index (χ0v) is 18.3. The highest BCUT2D eigenvalue weighted by atomic mass is 35.5. The molecule has 0 atom stereocenters. The van der Waals surface area contributed by atoms with E-state index in [0.717, 1.165) is 16.2 Å². The first kappa shape index (κ1) is 20.6. The van der Waals surface area contributed by atoms with E-state index in [1.54, 1.807) is 24.3 Å². The van der Waals surface area contributed by atoms with E-state index in [1.165, 1.54) is 36.4 Å². The summed E-state index contributed by atoms with van der Waals surface area (Å²) in [4.78, 5) is 39.4. The summed E-state index contributed by atoms with van der Waals surface area (Å²) in [5.74, 6) is -1.83. The molecule has 0 fully saturated rings. The molecule has 3 aromatic carbocycles. The topological polar surface area (TPSA) is 66.5 Å². The average molecular weight is 485 g/mol. The molecule has 2 heterocycles. The molecule has 158 valence electrons. The number of fused-ring (bicyclic) bond motifs is 2. The highest BCUT2D eigenvalue weighted by molar-refractivity contribution is 7.21. The molecule has 1 N–H and O–H groups in total. The molecule has 4 aromatic rings. The van der Waals surface area contributed by atoms with Crippen LogP contribution in [0.2, 0.25) is 10.0 Å². The van der Waals surface area contributed by atoms with Crippen molar-refractivity contribution in [3.63, 3.8) is 0 Å². The first-order valence-corrected chi connectivity index (χ1v) is 10.9. The van der Waals surface area contributed by atoms with E-state index in [2.05, 4.69) is 5.32 Å². The summed E-state index contributed by atoms with van der Waals surface area (Å²) < 4.78 is 14.0. The van der Waals surface area contributed by atoms with Gasteiger partial charge in [0.1, 0.15) is 10.7 Å². The van der Waals surface area contributed by atoms with Gasteiger partial charge in [0, 0.05) is 15.8 Å². The van der Waals surface area contributed by atoms with Gasteiger partial charge in [-0.2, -0.15) is 0 Å². The monoisotopic (exact) mass is 484 g/mol. The molecule has 0 spiro atoms. The number of nitrogens with zero attached hydrogens (tertiary/aromatic N) is 1. The standard InChI is InChI=1S/C23H11Cl2FN2O3S/c24-16-10-12(27-21(29)20-19(25)15-7-5-11(26)9-18(15)32-20)6-8-17(16)28-22(30)13-3-1-2-4-14(13)23(28)31/h1-10H,(H,27,29). The molecule has 5 rings (SSSR count). The molecule has 1 aliphatic rings. The molecule has 0 saturated heterocycles. The number of halogens is 3. The van der Waals surface area contributed by atoms with E-state index in [-0.39, 0.29) is 20.6 Å². The molecule has 9 heteroatoms. The van der Waals surface area contributed by atoms with Gasteiger partial charge in [-0.15, -0.1) is 11.3 Å². The highest BCUT2D eigenvalue weighted by Gasteiger charge is 2.37. The number of hydrogen-bond acceptors (Lipinski definition) is 4. The molecule has 32 heavy (non-hydrogen) atoms. The predicted octanol–water partition coefficient (Wildman–Crippen LogP) is 6.40. The van der Waals surface area contributed by atoms with E-state index < -0.39 is 23.5 Å². The van der Waals surface area contributed by atoms with Crippen molar-refractivity contribution in [3.8, 4) is 0 Å². The maximum Gasteiger partial charge on any atom is 0.267 e. The van der Waals surface area contributed by atoms with Crippen molar-refractivity contribution in [1.29, 1.82) is 0 Å². The fraction of sp³-hybridized carbons (Fsp3) is 0. The van der Waals surface area contributed by atoms with Crippen molar-refractivity contribution >= 4 is 73.7 Å². The lowest BCUT2D eigenvalue weighted by Gasteiger charge is -2.16. The van der Waals surface area contributed by atoms with Crippen molar-refractivity contribution < 1.29 is 18.8 Å². The smallest absolute Gasteiger partial charge is 0.267 e. The number of carbonyl (C=O) groups excluding carboxylic acids is 3. The van der Waals surface area contributed by atoms with Gasteiger partial charge < -0.3 is 5.32 Å².